The Morgan fingerprint density at radius 2 is 1.88 bits per heavy atom. The zero-order valence-electron chi connectivity index (χ0n) is 14.5. The van der Waals surface area contributed by atoms with Crippen molar-refractivity contribution in [2.45, 2.75) is 45.4 Å². The van der Waals surface area contributed by atoms with Gasteiger partial charge in [0.25, 0.3) is 0 Å². The van der Waals surface area contributed by atoms with Gasteiger partial charge >= 0.3 is 5.97 Å². The van der Waals surface area contributed by atoms with Gasteiger partial charge in [-0.2, -0.15) is 0 Å². The fraction of sp³-hybridized carbons (Fsp3) is 0.400. The highest BCUT2D eigenvalue weighted by Gasteiger charge is 2.34. The summed E-state index contributed by atoms with van der Waals surface area (Å²) in [5.74, 6) is 0.808. The molecule has 1 atom stereocenters. The van der Waals surface area contributed by atoms with E-state index in [4.69, 9.17) is 9.15 Å². The van der Waals surface area contributed by atoms with Crippen molar-refractivity contribution in [1.29, 1.82) is 0 Å². The van der Waals surface area contributed by atoms with E-state index < -0.39 is 5.97 Å². The van der Waals surface area contributed by atoms with Crippen LogP contribution in [0.5, 0.6) is 0 Å². The second kappa shape index (κ2) is 6.27. The lowest BCUT2D eigenvalue weighted by atomic mass is 9.81. The molecule has 0 radical (unpaired) electrons. The van der Waals surface area contributed by atoms with Gasteiger partial charge in [-0.3, -0.25) is 4.79 Å². The van der Waals surface area contributed by atoms with Crippen LogP contribution in [0.25, 0.3) is 0 Å². The van der Waals surface area contributed by atoms with Gasteiger partial charge in [0.15, 0.2) is 5.78 Å². The van der Waals surface area contributed by atoms with Crippen LogP contribution in [0.1, 0.15) is 75.5 Å². The van der Waals surface area contributed by atoms with E-state index in [0.717, 1.165) is 5.56 Å². The van der Waals surface area contributed by atoms with Crippen LogP contribution >= 0.6 is 0 Å². The molecule has 1 aliphatic carbocycles. The van der Waals surface area contributed by atoms with Gasteiger partial charge in [-0.25, -0.2) is 4.79 Å². The van der Waals surface area contributed by atoms with E-state index in [-0.39, 0.29) is 17.5 Å². The standard InChI is InChI=1S/C20H22O4/c1-11(2)13-5-7-14(8-6-13)15-9-16(21)18-12(3)19(20(22)23-4)24-17(18)10-15/h5-8,11,15H,9-10H2,1-4H3/t15-/m0/s1. The highest BCUT2D eigenvalue weighted by molar-refractivity contribution is 6.03. The number of furan rings is 1. The molecule has 0 saturated carbocycles. The quantitative estimate of drug-likeness (QED) is 0.784. The molecule has 0 spiro atoms. The molecule has 3 rings (SSSR count). The average molecular weight is 326 g/mol. The van der Waals surface area contributed by atoms with E-state index in [2.05, 4.69) is 38.1 Å². The Kier molecular flexibility index (Phi) is 4.31. The third kappa shape index (κ3) is 2.77. The summed E-state index contributed by atoms with van der Waals surface area (Å²) in [4.78, 5) is 24.4. The van der Waals surface area contributed by atoms with Crippen molar-refractivity contribution >= 4 is 11.8 Å². The number of carbonyl (C=O) groups is 2. The fourth-order valence-corrected chi connectivity index (χ4v) is 3.38. The number of rotatable bonds is 3. The van der Waals surface area contributed by atoms with E-state index in [1.807, 2.05) is 0 Å². The molecule has 0 N–H and O–H groups in total. The molecule has 126 valence electrons. The SMILES string of the molecule is COC(=O)c1oc2c(c1C)C(=O)C[C@H](c1ccc(C(C)C)cc1)C2. The summed E-state index contributed by atoms with van der Waals surface area (Å²) in [5.41, 5.74) is 3.57. The third-order valence-corrected chi connectivity index (χ3v) is 4.81. The Labute approximate surface area is 141 Å². The molecule has 2 aromatic rings. The predicted octanol–water partition coefficient (Wildman–Crippen LogP) is 4.41. The van der Waals surface area contributed by atoms with Gasteiger partial charge in [-0.1, -0.05) is 38.1 Å². The van der Waals surface area contributed by atoms with Crippen molar-refractivity contribution in [3.8, 4) is 0 Å². The number of ether oxygens (including phenoxy) is 1. The summed E-state index contributed by atoms with van der Waals surface area (Å²) in [6.07, 6.45) is 1.06. The van der Waals surface area contributed by atoms with E-state index in [9.17, 15) is 9.59 Å². The van der Waals surface area contributed by atoms with Gasteiger partial charge in [-0.15, -0.1) is 0 Å². The topological polar surface area (TPSA) is 56.5 Å². The molecule has 0 saturated heterocycles. The summed E-state index contributed by atoms with van der Waals surface area (Å²) >= 11 is 0. The fourth-order valence-electron chi connectivity index (χ4n) is 3.38. The van der Waals surface area contributed by atoms with Crippen LogP contribution in [-0.4, -0.2) is 18.9 Å². The summed E-state index contributed by atoms with van der Waals surface area (Å²) < 4.78 is 10.4. The molecule has 1 heterocycles. The average Bonchev–Trinajstić information content (AvgIpc) is 2.91. The highest BCUT2D eigenvalue weighted by atomic mass is 16.5. The maximum atomic E-state index is 12.6. The highest BCUT2D eigenvalue weighted by Crippen LogP contribution is 2.37. The molecule has 0 aliphatic heterocycles. The smallest absolute Gasteiger partial charge is 0.374 e. The van der Waals surface area contributed by atoms with Crippen LogP contribution in [0.4, 0.5) is 0 Å². The third-order valence-electron chi connectivity index (χ3n) is 4.81. The van der Waals surface area contributed by atoms with Gasteiger partial charge < -0.3 is 9.15 Å². The minimum atomic E-state index is -0.535. The van der Waals surface area contributed by atoms with Crippen LogP contribution in [-0.2, 0) is 11.2 Å². The number of methoxy groups -OCH3 is 1. The van der Waals surface area contributed by atoms with Gasteiger partial charge in [0, 0.05) is 18.4 Å². The van der Waals surface area contributed by atoms with Crippen molar-refractivity contribution in [3.63, 3.8) is 0 Å². The zero-order valence-corrected chi connectivity index (χ0v) is 14.5. The van der Waals surface area contributed by atoms with E-state index >= 15 is 0 Å². The van der Waals surface area contributed by atoms with Crippen LogP contribution in [0, 0.1) is 6.92 Å². The first kappa shape index (κ1) is 16.5. The number of esters is 1. The number of carbonyl (C=O) groups excluding carboxylic acids is 2. The number of hydrogen-bond acceptors (Lipinski definition) is 4. The maximum Gasteiger partial charge on any atom is 0.374 e. The predicted molar refractivity (Wildman–Crippen MR) is 90.7 cm³/mol. The first-order valence-electron chi connectivity index (χ1n) is 8.26. The molecule has 0 bridgehead atoms. The Morgan fingerprint density at radius 1 is 1.21 bits per heavy atom. The molecule has 24 heavy (non-hydrogen) atoms. The minimum absolute atomic E-state index is 0.0330. The van der Waals surface area contributed by atoms with Crippen molar-refractivity contribution in [2.75, 3.05) is 7.11 Å². The summed E-state index contributed by atoms with van der Waals surface area (Å²) in [5, 5.41) is 0. The first-order valence-corrected chi connectivity index (χ1v) is 8.26. The summed E-state index contributed by atoms with van der Waals surface area (Å²) in [6.45, 7) is 6.06. The molecule has 0 fully saturated rings. The van der Waals surface area contributed by atoms with Crippen LogP contribution in [0.3, 0.4) is 0 Å². The van der Waals surface area contributed by atoms with E-state index in [0.29, 0.717) is 35.6 Å². The zero-order chi connectivity index (χ0) is 17.4. The van der Waals surface area contributed by atoms with Crippen LogP contribution in [0.2, 0.25) is 0 Å². The molecule has 1 aromatic heterocycles. The Bertz CT molecular complexity index is 781. The monoisotopic (exact) mass is 326 g/mol. The number of ketones is 1. The lowest BCUT2D eigenvalue weighted by molar-refractivity contribution is 0.0561. The number of hydrogen-bond donors (Lipinski definition) is 0. The largest absolute Gasteiger partial charge is 0.463 e. The molecule has 1 aromatic carbocycles. The van der Waals surface area contributed by atoms with Gasteiger partial charge in [0.05, 0.1) is 12.7 Å². The van der Waals surface area contributed by atoms with Gasteiger partial charge in [0.1, 0.15) is 5.76 Å². The van der Waals surface area contributed by atoms with E-state index in [1.165, 1.54) is 12.7 Å². The molecular formula is C20H22O4. The molecule has 0 unspecified atom stereocenters. The Morgan fingerprint density at radius 3 is 2.46 bits per heavy atom. The lowest BCUT2D eigenvalue weighted by Crippen LogP contribution is -2.18. The molecule has 0 amide bonds. The summed E-state index contributed by atoms with van der Waals surface area (Å²) in [6, 6.07) is 8.42. The number of benzene rings is 1. The second-order valence-corrected chi connectivity index (χ2v) is 6.70. The molecule has 4 nitrogen and oxygen atoms in total. The normalized spacial score (nSPS) is 17.0. The van der Waals surface area contributed by atoms with Crippen molar-refractivity contribution < 1.29 is 18.7 Å². The van der Waals surface area contributed by atoms with Crippen LogP contribution in [0.15, 0.2) is 28.7 Å². The van der Waals surface area contributed by atoms with Crippen LogP contribution < -0.4 is 0 Å². The molecular weight excluding hydrogens is 304 g/mol. The first-order chi connectivity index (χ1) is 11.4. The van der Waals surface area contributed by atoms with Crippen molar-refractivity contribution in [1.82, 2.24) is 0 Å². The number of fused-ring (bicyclic) bond motifs is 1. The lowest BCUT2D eigenvalue weighted by Gasteiger charge is -2.21. The molecule has 4 heteroatoms. The maximum absolute atomic E-state index is 12.6. The summed E-state index contributed by atoms with van der Waals surface area (Å²) in [7, 11) is 1.31. The van der Waals surface area contributed by atoms with Crippen molar-refractivity contribution in [2.24, 2.45) is 0 Å². The van der Waals surface area contributed by atoms with Gasteiger partial charge in [-0.05, 0) is 29.9 Å². The Balaban J connectivity index is 1.92. The molecule has 1 aliphatic rings. The Hall–Kier alpha value is -2.36. The minimum Gasteiger partial charge on any atom is -0.463 e. The van der Waals surface area contributed by atoms with E-state index in [1.54, 1.807) is 6.92 Å². The van der Waals surface area contributed by atoms with Gasteiger partial charge in [0.2, 0.25) is 5.76 Å². The second-order valence-electron chi connectivity index (χ2n) is 6.70. The van der Waals surface area contributed by atoms with Crippen molar-refractivity contribution in [3.05, 3.63) is 58.0 Å². The number of Topliss-reactive ketones (excluding diaryl/α,β-unsaturated/α-hetero) is 1.